The maximum absolute atomic E-state index is 13.1. The molecule has 6 heteroatoms. The summed E-state index contributed by atoms with van der Waals surface area (Å²) in [4.78, 5) is 4.52. The van der Waals surface area contributed by atoms with Gasteiger partial charge in [0.2, 0.25) is 0 Å². The van der Waals surface area contributed by atoms with Crippen molar-refractivity contribution >= 4 is 5.96 Å². The van der Waals surface area contributed by atoms with Gasteiger partial charge in [0.1, 0.15) is 5.82 Å². The predicted molar refractivity (Wildman–Crippen MR) is 96.1 cm³/mol. The van der Waals surface area contributed by atoms with Crippen LogP contribution in [0.1, 0.15) is 24.5 Å². The number of guanidine groups is 1. The van der Waals surface area contributed by atoms with E-state index in [0.29, 0.717) is 26.4 Å². The van der Waals surface area contributed by atoms with Crippen LogP contribution < -0.4 is 10.6 Å². The fourth-order valence-electron chi connectivity index (χ4n) is 2.20. The van der Waals surface area contributed by atoms with Crippen LogP contribution >= 0.6 is 0 Å². The average molecular weight is 339 g/mol. The number of ether oxygens (including phenoxy) is 2. The highest BCUT2D eigenvalue weighted by Gasteiger charge is 2.01. The van der Waals surface area contributed by atoms with E-state index in [2.05, 4.69) is 15.6 Å². The number of methoxy groups -OCH3 is 1. The molecule has 0 saturated carbocycles. The maximum Gasteiger partial charge on any atom is 0.191 e. The standard InChI is InChI=1S/C18H30FN3O2/c1-4-20-18(21-9-5-11-24-13-12-23-3)22-10-8-16-6-7-17(19)14-15(16)2/h6-7,14H,4-5,8-13H2,1-3H3,(H2,20,21,22). The number of rotatable bonds is 11. The third-order valence-electron chi connectivity index (χ3n) is 3.48. The van der Waals surface area contributed by atoms with Crippen LogP contribution in [0.4, 0.5) is 4.39 Å². The van der Waals surface area contributed by atoms with Crippen LogP contribution in [0.25, 0.3) is 0 Å². The van der Waals surface area contributed by atoms with E-state index in [1.807, 2.05) is 19.9 Å². The van der Waals surface area contributed by atoms with E-state index >= 15 is 0 Å². The Balaban J connectivity index is 2.30. The molecule has 24 heavy (non-hydrogen) atoms. The van der Waals surface area contributed by atoms with Gasteiger partial charge in [0.25, 0.3) is 0 Å². The fraction of sp³-hybridized carbons (Fsp3) is 0.611. The molecule has 0 fully saturated rings. The highest BCUT2D eigenvalue weighted by molar-refractivity contribution is 5.79. The molecule has 0 aliphatic heterocycles. The molecule has 0 aromatic heterocycles. The molecule has 1 aromatic carbocycles. The minimum atomic E-state index is -0.188. The zero-order chi connectivity index (χ0) is 17.6. The van der Waals surface area contributed by atoms with Crippen molar-refractivity contribution in [2.75, 3.05) is 46.6 Å². The first-order chi connectivity index (χ1) is 11.7. The summed E-state index contributed by atoms with van der Waals surface area (Å²) in [7, 11) is 1.66. The Kier molecular flexibility index (Phi) is 10.8. The Morgan fingerprint density at radius 3 is 2.75 bits per heavy atom. The molecule has 5 nitrogen and oxygen atoms in total. The van der Waals surface area contributed by atoms with E-state index in [-0.39, 0.29) is 5.82 Å². The number of benzene rings is 1. The Labute approximate surface area is 144 Å². The lowest BCUT2D eigenvalue weighted by atomic mass is 10.1. The van der Waals surface area contributed by atoms with Gasteiger partial charge >= 0.3 is 0 Å². The van der Waals surface area contributed by atoms with Crippen molar-refractivity contribution in [2.45, 2.75) is 26.7 Å². The lowest BCUT2D eigenvalue weighted by molar-refractivity contribution is 0.0702. The first-order valence-electron chi connectivity index (χ1n) is 8.51. The largest absolute Gasteiger partial charge is 0.382 e. The van der Waals surface area contributed by atoms with Crippen molar-refractivity contribution in [1.82, 2.24) is 10.6 Å². The van der Waals surface area contributed by atoms with Gasteiger partial charge in [0.05, 0.1) is 13.2 Å². The van der Waals surface area contributed by atoms with Crippen LogP contribution in [0, 0.1) is 12.7 Å². The first-order valence-corrected chi connectivity index (χ1v) is 8.51. The average Bonchev–Trinajstić information content (AvgIpc) is 2.56. The van der Waals surface area contributed by atoms with Crippen molar-refractivity contribution in [3.05, 3.63) is 35.1 Å². The topological polar surface area (TPSA) is 54.9 Å². The molecule has 0 saturated heterocycles. The van der Waals surface area contributed by atoms with E-state index in [9.17, 15) is 4.39 Å². The van der Waals surface area contributed by atoms with E-state index in [1.165, 1.54) is 6.07 Å². The SMILES string of the molecule is CCNC(=NCCCOCCOC)NCCc1ccc(F)cc1C. The Hall–Kier alpha value is -1.66. The molecule has 136 valence electrons. The summed E-state index contributed by atoms with van der Waals surface area (Å²) >= 11 is 0. The van der Waals surface area contributed by atoms with Gasteiger partial charge in [-0.1, -0.05) is 6.07 Å². The summed E-state index contributed by atoms with van der Waals surface area (Å²) < 4.78 is 23.4. The molecule has 0 aliphatic rings. The molecule has 0 spiro atoms. The number of hydrogen-bond donors (Lipinski definition) is 2. The number of nitrogens with zero attached hydrogens (tertiary/aromatic N) is 1. The first kappa shape index (κ1) is 20.4. The van der Waals surface area contributed by atoms with Crippen LogP contribution in [-0.4, -0.2) is 52.5 Å². The van der Waals surface area contributed by atoms with Crippen molar-refractivity contribution in [3.8, 4) is 0 Å². The summed E-state index contributed by atoms with van der Waals surface area (Å²) in [6, 6.07) is 4.91. The molecule has 0 unspecified atom stereocenters. The molecule has 2 N–H and O–H groups in total. The maximum atomic E-state index is 13.1. The zero-order valence-corrected chi connectivity index (χ0v) is 15.0. The van der Waals surface area contributed by atoms with E-state index in [4.69, 9.17) is 9.47 Å². The van der Waals surface area contributed by atoms with Crippen molar-refractivity contribution in [1.29, 1.82) is 0 Å². The van der Waals surface area contributed by atoms with Crippen LogP contribution in [0.2, 0.25) is 0 Å². The number of halogens is 1. The summed E-state index contributed by atoms with van der Waals surface area (Å²) in [5.74, 6) is 0.612. The van der Waals surface area contributed by atoms with Crippen molar-refractivity contribution < 1.29 is 13.9 Å². The van der Waals surface area contributed by atoms with Crippen LogP contribution in [0.5, 0.6) is 0 Å². The summed E-state index contributed by atoms with van der Waals surface area (Å²) in [5.41, 5.74) is 2.12. The molecule has 0 bridgehead atoms. The number of hydrogen-bond acceptors (Lipinski definition) is 3. The van der Waals surface area contributed by atoms with Crippen molar-refractivity contribution in [2.24, 2.45) is 4.99 Å². The van der Waals surface area contributed by atoms with Crippen LogP contribution in [-0.2, 0) is 15.9 Å². The molecule has 0 amide bonds. The smallest absolute Gasteiger partial charge is 0.191 e. The van der Waals surface area contributed by atoms with Gasteiger partial charge in [-0.2, -0.15) is 0 Å². The fourth-order valence-corrected chi connectivity index (χ4v) is 2.20. The van der Waals surface area contributed by atoms with Gasteiger partial charge in [-0.05, 0) is 49.9 Å². The minimum Gasteiger partial charge on any atom is -0.382 e. The molecular weight excluding hydrogens is 309 g/mol. The molecule has 0 atom stereocenters. The lowest BCUT2D eigenvalue weighted by Gasteiger charge is -2.12. The quantitative estimate of drug-likeness (QED) is 0.369. The van der Waals surface area contributed by atoms with Gasteiger partial charge < -0.3 is 20.1 Å². The van der Waals surface area contributed by atoms with Gasteiger partial charge in [-0.25, -0.2) is 4.39 Å². The highest BCUT2D eigenvalue weighted by Crippen LogP contribution is 2.10. The van der Waals surface area contributed by atoms with Crippen molar-refractivity contribution in [3.63, 3.8) is 0 Å². The molecule has 0 heterocycles. The molecule has 1 rings (SSSR count). The minimum absolute atomic E-state index is 0.188. The highest BCUT2D eigenvalue weighted by atomic mass is 19.1. The molecule has 0 aliphatic carbocycles. The lowest BCUT2D eigenvalue weighted by Crippen LogP contribution is -2.38. The predicted octanol–water partition coefficient (Wildman–Crippen LogP) is 2.28. The molecular formula is C18H30FN3O2. The van der Waals surface area contributed by atoms with Crippen LogP contribution in [0.3, 0.4) is 0 Å². The number of aryl methyl sites for hydroxylation is 1. The second-order valence-corrected chi connectivity index (χ2v) is 5.47. The summed E-state index contributed by atoms with van der Waals surface area (Å²) in [5, 5.41) is 6.53. The van der Waals surface area contributed by atoms with E-state index in [1.54, 1.807) is 13.2 Å². The van der Waals surface area contributed by atoms with E-state index < -0.39 is 0 Å². The zero-order valence-electron chi connectivity index (χ0n) is 15.0. The van der Waals surface area contributed by atoms with Crippen LogP contribution in [0.15, 0.2) is 23.2 Å². The van der Waals surface area contributed by atoms with Gasteiger partial charge in [-0.15, -0.1) is 0 Å². The second-order valence-electron chi connectivity index (χ2n) is 5.47. The third-order valence-corrected chi connectivity index (χ3v) is 3.48. The Morgan fingerprint density at radius 2 is 2.04 bits per heavy atom. The molecule has 1 aromatic rings. The molecule has 0 radical (unpaired) electrons. The Morgan fingerprint density at radius 1 is 1.21 bits per heavy atom. The monoisotopic (exact) mass is 339 g/mol. The van der Waals surface area contributed by atoms with Gasteiger partial charge in [0, 0.05) is 33.4 Å². The number of aliphatic imine (C=N–C) groups is 1. The van der Waals surface area contributed by atoms with Gasteiger partial charge in [-0.3, -0.25) is 4.99 Å². The third kappa shape index (κ3) is 8.84. The Bertz CT molecular complexity index is 495. The normalized spacial score (nSPS) is 11.6. The van der Waals surface area contributed by atoms with E-state index in [0.717, 1.165) is 43.0 Å². The second kappa shape index (κ2) is 12.7. The summed E-state index contributed by atoms with van der Waals surface area (Å²) in [6.07, 6.45) is 1.70. The summed E-state index contributed by atoms with van der Waals surface area (Å²) in [6.45, 7) is 8.16. The number of nitrogens with one attached hydrogen (secondary N) is 2. The van der Waals surface area contributed by atoms with Gasteiger partial charge in [0.15, 0.2) is 5.96 Å².